The van der Waals surface area contributed by atoms with Crippen LogP contribution in [0.5, 0.6) is 0 Å². The van der Waals surface area contributed by atoms with Gasteiger partial charge in [0.1, 0.15) is 11.6 Å². The van der Waals surface area contributed by atoms with Crippen LogP contribution in [0, 0.1) is 5.92 Å². The summed E-state index contributed by atoms with van der Waals surface area (Å²) in [5.74, 6) is -0.317. The maximum absolute atomic E-state index is 11.8. The van der Waals surface area contributed by atoms with Crippen molar-refractivity contribution in [3.63, 3.8) is 0 Å². The van der Waals surface area contributed by atoms with Gasteiger partial charge in [0.15, 0.2) is 0 Å². The fourth-order valence-corrected chi connectivity index (χ4v) is 1.96. The minimum atomic E-state index is -0.520. The molecule has 1 unspecified atom stereocenters. The lowest BCUT2D eigenvalue weighted by atomic mass is 10.0. The molecule has 0 aromatic heterocycles. The molecular formula is C15H30N2O3. The molecule has 1 aliphatic rings. The Kier molecular flexibility index (Phi) is 8.46. The van der Waals surface area contributed by atoms with Gasteiger partial charge in [-0.2, -0.15) is 0 Å². The predicted octanol–water partition coefficient (Wildman–Crippen LogP) is 1.81. The number of amides is 1. The Morgan fingerprint density at radius 1 is 1.25 bits per heavy atom. The average molecular weight is 286 g/mol. The fraction of sp³-hybridized carbons (Fsp3) is 0.867. The van der Waals surface area contributed by atoms with Crippen molar-refractivity contribution >= 4 is 12.4 Å². The molecule has 0 spiro atoms. The van der Waals surface area contributed by atoms with Crippen LogP contribution in [0.25, 0.3) is 0 Å². The van der Waals surface area contributed by atoms with Crippen LogP contribution in [0.2, 0.25) is 0 Å². The van der Waals surface area contributed by atoms with Crippen molar-refractivity contribution in [2.45, 2.75) is 59.1 Å². The topological polar surface area (TPSA) is 58.6 Å². The predicted molar refractivity (Wildman–Crippen MR) is 80.4 cm³/mol. The summed E-state index contributed by atoms with van der Waals surface area (Å²) in [5.41, 5.74) is -0.520. The smallest absolute Gasteiger partial charge is 0.329 e. The average Bonchev–Trinajstić information content (AvgIpc) is 2.84. The molecule has 0 bridgehead atoms. The SMILES string of the molecule is C1CCNC1.CC(C)C(C(=O)OC(C)(C)C)N(C)C=O. The first-order chi connectivity index (χ1) is 9.19. The van der Waals surface area contributed by atoms with E-state index in [1.807, 2.05) is 34.6 Å². The maximum Gasteiger partial charge on any atom is 0.329 e. The molecule has 1 N–H and O–H groups in total. The largest absolute Gasteiger partial charge is 0.458 e. The fourth-order valence-electron chi connectivity index (χ4n) is 1.96. The van der Waals surface area contributed by atoms with Gasteiger partial charge in [0.2, 0.25) is 6.41 Å². The molecule has 118 valence electrons. The zero-order valence-corrected chi connectivity index (χ0v) is 13.7. The molecule has 1 atom stereocenters. The van der Waals surface area contributed by atoms with Crippen molar-refractivity contribution in [2.24, 2.45) is 5.92 Å². The van der Waals surface area contributed by atoms with E-state index in [0.29, 0.717) is 6.41 Å². The number of nitrogens with zero attached hydrogens (tertiary/aromatic N) is 1. The highest BCUT2D eigenvalue weighted by Crippen LogP contribution is 2.15. The van der Waals surface area contributed by atoms with Crippen molar-refractivity contribution in [3.05, 3.63) is 0 Å². The number of nitrogens with one attached hydrogen (secondary N) is 1. The van der Waals surface area contributed by atoms with E-state index in [9.17, 15) is 9.59 Å². The third-order valence-electron chi connectivity index (χ3n) is 2.84. The van der Waals surface area contributed by atoms with E-state index in [2.05, 4.69) is 5.32 Å². The van der Waals surface area contributed by atoms with Crippen molar-refractivity contribution < 1.29 is 14.3 Å². The van der Waals surface area contributed by atoms with Gasteiger partial charge in [-0.3, -0.25) is 4.79 Å². The number of esters is 1. The van der Waals surface area contributed by atoms with Crippen LogP contribution in [0.3, 0.4) is 0 Å². The molecule has 5 nitrogen and oxygen atoms in total. The summed E-state index contributed by atoms with van der Waals surface area (Å²) in [6, 6.07) is -0.512. The molecule has 20 heavy (non-hydrogen) atoms. The number of rotatable bonds is 4. The molecule has 1 heterocycles. The summed E-state index contributed by atoms with van der Waals surface area (Å²) >= 11 is 0. The minimum Gasteiger partial charge on any atom is -0.458 e. The van der Waals surface area contributed by atoms with E-state index >= 15 is 0 Å². The first-order valence-electron chi connectivity index (χ1n) is 7.30. The summed E-state index contributed by atoms with van der Waals surface area (Å²) in [6.07, 6.45) is 3.43. The summed E-state index contributed by atoms with van der Waals surface area (Å²) in [4.78, 5) is 23.8. The van der Waals surface area contributed by atoms with E-state index in [4.69, 9.17) is 4.74 Å². The van der Waals surface area contributed by atoms with E-state index in [1.165, 1.54) is 30.8 Å². The standard InChI is InChI=1S/C11H21NO3.C4H9N/c1-8(2)9(12(6)7-13)10(14)15-11(3,4)5;1-2-4-5-3-1/h7-9H,1-6H3;5H,1-4H2. The molecular weight excluding hydrogens is 256 g/mol. The number of likely N-dealkylation sites (N-methyl/N-ethyl adjacent to an activating group) is 1. The van der Waals surface area contributed by atoms with Crippen LogP contribution in [0.15, 0.2) is 0 Å². The Labute approximate surface area is 123 Å². The molecule has 0 aromatic rings. The second-order valence-corrected chi connectivity index (χ2v) is 6.45. The Morgan fingerprint density at radius 2 is 1.75 bits per heavy atom. The highest BCUT2D eigenvalue weighted by molar-refractivity contribution is 5.78. The first kappa shape index (κ1) is 18.9. The molecule has 0 radical (unpaired) electrons. The van der Waals surface area contributed by atoms with Crippen molar-refractivity contribution in [1.82, 2.24) is 10.2 Å². The zero-order chi connectivity index (χ0) is 15.8. The monoisotopic (exact) mass is 286 g/mol. The number of ether oxygens (including phenoxy) is 1. The van der Waals surface area contributed by atoms with E-state index in [-0.39, 0.29) is 11.9 Å². The van der Waals surface area contributed by atoms with Gasteiger partial charge in [-0.05, 0) is 52.6 Å². The third-order valence-corrected chi connectivity index (χ3v) is 2.84. The Bertz CT molecular complexity index is 286. The Hall–Kier alpha value is -1.10. The third kappa shape index (κ3) is 8.15. The minimum absolute atomic E-state index is 0.0371. The van der Waals surface area contributed by atoms with Crippen LogP contribution in [-0.4, -0.2) is 49.1 Å². The molecule has 1 fully saturated rings. The van der Waals surface area contributed by atoms with Gasteiger partial charge >= 0.3 is 5.97 Å². The highest BCUT2D eigenvalue weighted by Gasteiger charge is 2.30. The lowest BCUT2D eigenvalue weighted by Crippen LogP contribution is -2.45. The quantitative estimate of drug-likeness (QED) is 0.632. The molecule has 1 rings (SSSR count). The summed E-state index contributed by atoms with van der Waals surface area (Å²) in [6.45, 7) is 11.7. The van der Waals surface area contributed by atoms with E-state index < -0.39 is 11.6 Å². The molecule has 5 heteroatoms. The van der Waals surface area contributed by atoms with Gasteiger partial charge in [-0.1, -0.05) is 13.8 Å². The van der Waals surface area contributed by atoms with Crippen LogP contribution in [0.4, 0.5) is 0 Å². The van der Waals surface area contributed by atoms with Crippen molar-refractivity contribution in [3.8, 4) is 0 Å². The number of hydrogen-bond acceptors (Lipinski definition) is 4. The van der Waals surface area contributed by atoms with Crippen molar-refractivity contribution in [2.75, 3.05) is 20.1 Å². The summed E-state index contributed by atoms with van der Waals surface area (Å²) in [5, 5.41) is 3.22. The van der Waals surface area contributed by atoms with Gasteiger partial charge < -0.3 is 15.0 Å². The molecule has 1 aliphatic heterocycles. The van der Waals surface area contributed by atoms with Gasteiger partial charge in [-0.25, -0.2) is 4.79 Å². The number of carbonyl (C=O) groups is 2. The summed E-state index contributed by atoms with van der Waals surface area (Å²) < 4.78 is 5.24. The van der Waals surface area contributed by atoms with Crippen molar-refractivity contribution in [1.29, 1.82) is 0 Å². The van der Waals surface area contributed by atoms with Crippen LogP contribution < -0.4 is 5.32 Å². The molecule has 0 aromatic carbocycles. The van der Waals surface area contributed by atoms with Gasteiger partial charge in [0.25, 0.3) is 0 Å². The summed E-state index contributed by atoms with van der Waals surface area (Å²) in [7, 11) is 1.58. The number of carbonyl (C=O) groups excluding carboxylic acids is 2. The Balaban J connectivity index is 0.000000595. The second kappa shape index (κ2) is 8.95. The second-order valence-electron chi connectivity index (χ2n) is 6.45. The molecule has 0 saturated carbocycles. The van der Waals surface area contributed by atoms with Crippen LogP contribution in [-0.2, 0) is 14.3 Å². The van der Waals surface area contributed by atoms with Crippen LogP contribution in [0.1, 0.15) is 47.5 Å². The first-order valence-corrected chi connectivity index (χ1v) is 7.30. The lowest BCUT2D eigenvalue weighted by molar-refractivity contribution is -0.164. The van der Waals surface area contributed by atoms with E-state index in [1.54, 1.807) is 7.05 Å². The molecule has 0 aliphatic carbocycles. The molecule has 1 saturated heterocycles. The van der Waals surface area contributed by atoms with E-state index in [0.717, 1.165) is 0 Å². The highest BCUT2D eigenvalue weighted by atomic mass is 16.6. The van der Waals surface area contributed by atoms with Gasteiger partial charge in [0, 0.05) is 7.05 Å². The van der Waals surface area contributed by atoms with Crippen LogP contribution >= 0.6 is 0 Å². The molecule has 1 amide bonds. The van der Waals surface area contributed by atoms with Gasteiger partial charge in [-0.15, -0.1) is 0 Å². The lowest BCUT2D eigenvalue weighted by Gasteiger charge is -2.29. The normalized spacial score (nSPS) is 16.1. The maximum atomic E-state index is 11.8. The number of hydrogen-bond donors (Lipinski definition) is 1. The van der Waals surface area contributed by atoms with Gasteiger partial charge in [0.05, 0.1) is 0 Å². The Morgan fingerprint density at radius 3 is 2.00 bits per heavy atom. The zero-order valence-electron chi connectivity index (χ0n) is 13.7.